The van der Waals surface area contributed by atoms with Crippen molar-refractivity contribution in [3.8, 4) is 0 Å². The molecule has 0 aromatic carbocycles. The third kappa shape index (κ3) is 4.60. The minimum atomic E-state index is 0.324. The highest BCUT2D eigenvalue weighted by molar-refractivity contribution is 5.03. The van der Waals surface area contributed by atoms with E-state index in [0.717, 1.165) is 39.2 Å². The molecular formula is C14H26N4O. The highest BCUT2D eigenvalue weighted by Crippen LogP contribution is 2.08. The van der Waals surface area contributed by atoms with E-state index in [1.54, 1.807) is 0 Å². The van der Waals surface area contributed by atoms with Gasteiger partial charge in [-0.25, -0.2) is 0 Å². The van der Waals surface area contributed by atoms with Crippen LogP contribution in [-0.4, -0.2) is 59.6 Å². The van der Waals surface area contributed by atoms with Crippen molar-refractivity contribution < 1.29 is 4.74 Å². The molecule has 1 aliphatic rings. The van der Waals surface area contributed by atoms with Crippen LogP contribution in [0.5, 0.6) is 0 Å². The largest absolute Gasteiger partial charge is 0.374 e. The normalized spacial score (nSPS) is 21.2. The predicted octanol–water partition coefficient (Wildman–Crippen LogP) is 0.661. The van der Waals surface area contributed by atoms with Crippen LogP contribution in [0.25, 0.3) is 0 Å². The summed E-state index contributed by atoms with van der Waals surface area (Å²) >= 11 is 0. The summed E-state index contributed by atoms with van der Waals surface area (Å²) < 4.78 is 7.64. The van der Waals surface area contributed by atoms with Crippen LogP contribution in [0.2, 0.25) is 0 Å². The summed E-state index contributed by atoms with van der Waals surface area (Å²) in [5.74, 6) is 0. The molecule has 1 unspecified atom stereocenters. The van der Waals surface area contributed by atoms with E-state index in [4.69, 9.17) is 4.74 Å². The lowest BCUT2D eigenvalue weighted by molar-refractivity contribution is -0.0370. The fourth-order valence-electron chi connectivity index (χ4n) is 2.43. The number of nitrogens with one attached hydrogen (secondary N) is 1. The summed E-state index contributed by atoms with van der Waals surface area (Å²) in [6.07, 6.45) is 5.34. The second-order valence-corrected chi connectivity index (χ2v) is 5.56. The second-order valence-electron chi connectivity index (χ2n) is 5.56. The second kappa shape index (κ2) is 7.03. The Bertz CT molecular complexity index is 377. The summed E-state index contributed by atoms with van der Waals surface area (Å²) in [5.41, 5.74) is 1.28. The molecule has 5 nitrogen and oxygen atoms in total. The SMILES string of the molecule is CC(C)N1CCOC(CNCCc2cnn(C)c2)C1. The van der Waals surface area contributed by atoms with Gasteiger partial charge in [0.25, 0.3) is 0 Å². The molecule has 0 spiro atoms. The van der Waals surface area contributed by atoms with Crippen molar-refractivity contribution in [1.82, 2.24) is 20.0 Å². The molecule has 1 fully saturated rings. The van der Waals surface area contributed by atoms with Crippen molar-refractivity contribution in [1.29, 1.82) is 0 Å². The monoisotopic (exact) mass is 266 g/mol. The average molecular weight is 266 g/mol. The van der Waals surface area contributed by atoms with Crippen LogP contribution in [0.3, 0.4) is 0 Å². The number of aryl methyl sites for hydroxylation is 1. The van der Waals surface area contributed by atoms with E-state index in [0.29, 0.717) is 12.1 Å². The number of nitrogens with zero attached hydrogens (tertiary/aromatic N) is 3. The molecule has 1 aromatic rings. The Kier molecular flexibility index (Phi) is 5.36. The molecule has 1 atom stereocenters. The Hall–Kier alpha value is -0.910. The van der Waals surface area contributed by atoms with Crippen molar-refractivity contribution in [2.75, 3.05) is 32.8 Å². The molecule has 2 rings (SSSR count). The Morgan fingerprint density at radius 3 is 3.05 bits per heavy atom. The van der Waals surface area contributed by atoms with Gasteiger partial charge < -0.3 is 10.1 Å². The summed E-state index contributed by atoms with van der Waals surface area (Å²) in [7, 11) is 1.95. The van der Waals surface area contributed by atoms with E-state index < -0.39 is 0 Å². The molecule has 0 bridgehead atoms. The van der Waals surface area contributed by atoms with Gasteiger partial charge in [0, 0.05) is 38.9 Å². The van der Waals surface area contributed by atoms with E-state index in [2.05, 4.69) is 35.4 Å². The average Bonchev–Trinajstić information content (AvgIpc) is 2.81. The first-order valence-corrected chi connectivity index (χ1v) is 7.19. The van der Waals surface area contributed by atoms with Crippen LogP contribution < -0.4 is 5.32 Å². The molecule has 0 radical (unpaired) electrons. The number of morpholine rings is 1. The minimum Gasteiger partial charge on any atom is -0.374 e. The van der Waals surface area contributed by atoms with Crippen molar-refractivity contribution in [3.05, 3.63) is 18.0 Å². The summed E-state index contributed by atoms with van der Waals surface area (Å²) in [5, 5.41) is 7.66. The molecular weight excluding hydrogens is 240 g/mol. The van der Waals surface area contributed by atoms with Crippen molar-refractivity contribution in [2.45, 2.75) is 32.4 Å². The van der Waals surface area contributed by atoms with Gasteiger partial charge >= 0.3 is 0 Å². The van der Waals surface area contributed by atoms with Gasteiger partial charge in [0.15, 0.2) is 0 Å². The molecule has 2 heterocycles. The molecule has 0 amide bonds. The lowest BCUT2D eigenvalue weighted by Gasteiger charge is -2.35. The van der Waals surface area contributed by atoms with Crippen LogP contribution >= 0.6 is 0 Å². The Morgan fingerprint density at radius 2 is 2.37 bits per heavy atom. The smallest absolute Gasteiger partial charge is 0.0826 e. The third-order valence-corrected chi connectivity index (χ3v) is 3.62. The van der Waals surface area contributed by atoms with Gasteiger partial charge in [-0.05, 0) is 32.4 Å². The van der Waals surface area contributed by atoms with Gasteiger partial charge in [0.05, 0.1) is 18.9 Å². The quantitative estimate of drug-likeness (QED) is 0.768. The Labute approximate surface area is 115 Å². The van der Waals surface area contributed by atoms with Gasteiger partial charge in [-0.1, -0.05) is 0 Å². The van der Waals surface area contributed by atoms with Crippen LogP contribution in [0, 0.1) is 0 Å². The number of rotatable bonds is 6. The van der Waals surface area contributed by atoms with Gasteiger partial charge in [0.2, 0.25) is 0 Å². The summed E-state index contributed by atoms with van der Waals surface area (Å²) in [4.78, 5) is 2.48. The molecule has 0 saturated carbocycles. The Morgan fingerprint density at radius 1 is 1.53 bits per heavy atom. The van der Waals surface area contributed by atoms with Crippen LogP contribution in [-0.2, 0) is 18.2 Å². The van der Waals surface area contributed by atoms with E-state index in [-0.39, 0.29) is 0 Å². The zero-order valence-electron chi connectivity index (χ0n) is 12.3. The lowest BCUT2D eigenvalue weighted by atomic mass is 10.2. The van der Waals surface area contributed by atoms with Gasteiger partial charge in [0.1, 0.15) is 0 Å². The number of aromatic nitrogens is 2. The molecule has 5 heteroatoms. The lowest BCUT2D eigenvalue weighted by Crippen LogP contribution is -2.49. The van der Waals surface area contributed by atoms with Crippen LogP contribution in [0.1, 0.15) is 19.4 Å². The molecule has 19 heavy (non-hydrogen) atoms. The highest BCUT2D eigenvalue weighted by Gasteiger charge is 2.21. The topological polar surface area (TPSA) is 42.3 Å². The number of ether oxygens (including phenoxy) is 1. The first kappa shape index (κ1) is 14.5. The summed E-state index contributed by atoms with van der Waals surface area (Å²) in [6.45, 7) is 9.36. The zero-order valence-corrected chi connectivity index (χ0v) is 12.3. The van der Waals surface area contributed by atoms with Crippen molar-refractivity contribution in [3.63, 3.8) is 0 Å². The molecule has 1 saturated heterocycles. The fourth-order valence-corrected chi connectivity index (χ4v) is 2.43. The maximum absolute atomic E-state index is 5.79. The molecule has 1 N–H and O–H groups in total. The van der Waals surface area contributed by atoms with E-state index in [1.807, 2.05) is 17.9 Å². The Balaban J connectivity index is 1.62. The summed E-state index contributed by atoms with van der Waals surface area (Å²) in [6, 6.07) is 0.613. The third-order valence-electron chi connectivity index (χ3n) is 3.62. The molecule has 108 valence electrons. The zero-order chi connectivity index (χ0) is 13.7. The van der Waals surface area contributed by atoms with E-state index in [1.165, 1.54) is 5.56 Å². The molecule has 0 aliphatic carbocycles. The first-order valence-electron chi connectivity index (χ1n) is 7.19. The maximum atomic E-state index is 5.79. The van der Waals surface area contributed by atoms with Crippen molar-refractivity contribution in [2.24, 2.45) is 7.05 Å². The minimum absolute atomic E-state index is 0.324. The van der Waals surface area contributed by atoms with E-state index >= 15 is 0 Å². The van der Waals surface area contributed by atoms with Gasteiger partial charge in [-0.15, -0.1) is 0 Å². The van der Waals surface area contributed by atoms with Crippen LogP contribution in [0.4, 0.5) is 0 Å². The highest BCUT2D eigenvalue weighted by atomic mass is 16.5. The van der Waals surface area contributed by atoms with Crippen LogP contribution in [0.15, 0.2) is 12.4 Å². The molecule has 1 aromatic heterocycles. The van der Waals surface area contributed by atoms with Gasteiger partial charge in [-0.2, -0.15) is 5.10 Å². The maximum Gasteiger partial charge on any atom is 0.0826 e. The fraction of sp³-hybridized carbons (Fsp3) is 0.786. The molecule has 1 aliphatic heterocycles. The number of hydrogen-bond acceptors (Lipinski definition) is 4. The van der Waals surface area contributed by atoms with E-state index in [9.17, 15) is 0 Å². The number of hydrogen-bond donors (Lipinski definition) is 1. The van der Waals surface area contributed by atoms with Crippen molar-refractivity contribution >= 4 is 0 Å². The van der Waals surface area contributed by atoms with Gasteiger partial charge in [-0.3, -0.25) is 9.58 Å². The standard InChI is InChI=1S/C14H26N4O/c1-12(2)18-6-7-19-14(11-18)9-15-5-4-13-8-16-17(3)10-13/h8,10,12,14-15H,4-7,9,11H2,1-3H3. The predicted molar refractivity (Wildman–Crippen MR) is 76.2 cm³/mol. The first-order chi connectivity index (χ1) is 9.15.